The number of carbonyl (C=O) groups is 1. The summed E-state index contributed by atoms with van der Waals surface area (Å²) < 4.78 is 0. The van der Waals surface area contributed by atoms with Gasteiger partial charge in [-0.25, -0.2) is 0 Å². The number of amides is 1. The number of aromatic amines is 1. The Bertz CT molecular complexity index is 324. The van der Waals surface area contributed by atoms with Crippen molar-refractivity contribution in [1.29, 1.82) is 0 Å². The number of carbonyl (C=O) groups excluding carboxylic acids is 1. The number of nitrogens with one attached hydrogen (secondary N) is 2. The van der Waals surface area contributed by atoms with Crippen LogP contribution in [0.25, 0.3) is 0 Å². The van der Waals surface area contributed by atoms with Gasteiger partial charge in [0.15, 0.2) is 0 Å². The molecule has 14 heavy (non-hydrogen) atoms. The third kappa shape index (κ3) is 2.63. The summed E-state index contributed by atoms with van der Waals surface area (Å²) in [5.74, 6) is 2.37. The van der Waals surface area contributed by atoms with Gasteiger partial charge in [-0.1, -0.05) is 6.92 Å². The predicted molar refractivity (Wildman–Crippen MR) is 53.6 cm³/mol. The Labute approximate surface area is 83.1 Å². The lowest BCUT2D eigenvalue weighted by molar-refractivity contribution is 0.0931. The SMILES string of the molecule is C#CCC(CC)NC(=O)c1ccn[nH]1. The summed E-state index contributed by atoms with van der Waals surface area (Å²) in [6.07, 6.45) is 8.09. The first-order valence-electron chi connectivity index (χ1n) is 4.51. The van der Waals surface area contributed by atoms with Crippen molar-refractivity contribution in [2.75, 3.05) is 0 Å². The smallest absolute Gasteiger partial charge is 0.269 e. The van der Waals surface area contributed by atoms with Gasteiger partial charge in [-0.05, 0) is 12.5 Å². The molecule has 1 aromatic rings. The van der Waals surface area contributed by atoms with Crippen LogP contribution in [0.15, 0.2) is 12.3 Å². The first-order chi connectivity index (χ1) is 6.77. The van der Waals surface area contributed by atoms with Crippen LogP contribution >= 0.6 is 0 Å². The maximum Gasteiger partial charge on any atom is 0.269 e. The van der Waals surface area contributed by atoms with Crippen molar-refractivity contribution >= 4 is 5.91 Å². The maximum absolute atomic E-state index is 11.5. The van der Waals surface area contributed by atoms with Gasteiger partial charge in [-0.2, -0.15) is 5.10 Å². The van der Waals surface area contributed by atoms with Crippen molar-refractivity contribution in [1.82, 2.24) is 15.5 Å². The lowest BCUT2D eigenvalue weighted by Gasteiger charge is -2.12. The minimum Gasteiger partial charge on any atom is -0.347 e. The minimum absolute atomic E-state index is 0.0378. The van der Waals surface area contributed by atoms with Crippen molar-refractivity contribution in [2.45, 2.75) is 25.8 Å². The second-order valence-electron chi connectivity index (χ2n) is 2.96. The second-order valence-corrected chi connectivity index (χ2v) is 2.96. The van der Waals surface area contributed by atoms with Gasteiger partial charge in [-0.3, -0.25) is 9.89 Å². The van der Waals surface area contributed by atoms with Crippen molar-refractivity contribution < 1.29 is 4.79 Å². The second kappa shape index (κ2) is 5.07. The first-order valence-corrected chi connectivity index (χ1v) is 4.51. The fourth-order valence-corrected chi connectivity index (χ4v) is 1.09. The lowest BCUT2D eigenvalue weighted by atomic mass is 10.1. The van der Waals surface area contributed by atoms with E-state index in [0.29, 0.717) is 12.1 Å². The third-order valence-corrected chi connectivity index (χ3v) is 1.94. The highest BCUT2D eigenvalue weighted by atomic mass is 16.2. The third-order valence-electron chi connectivity index (χ3n) is 1.94. The Morgan fingerprint density at radius 2 is 2.64 bits per heavy atom. The van der Waals surface area contributed by atoms with E-state index in [1.807, 2.05) is 6.92 Å². The molecule has 1 rings (SSSR count). The molecule has 2 N–H and O–H groups in total. The average molecular weight is 191 g/mol. The minimum atomic E-state index is -0.162. The molecule has 1 unspecified atom stereocenters. The van der Waals surface area contributed by atoms with Crippen LogP contribution < -0.4 is 5.32 Å². The summed E-state index contributed by atoms with van der Waals surface area (Å²) in [5, 5.41) is 9.11. The van der Waals surface area contributed by atoms with Crippen LogP contribution in [0.3, 0.4) is 0 Å². The van der Waals surface area contributed by atoms with E-state index in [1.165, 1.54) is 6.20 Å². The van der Waals surface area contributed by atoms with E-state index in [9.17, 15) is 4.79 Å². The van der Waals surface area contributed by atoms with Gasteiger partial charge >= 0.3 is 0 Å². The molecule has 4 nitrogen and oxygen atoms in total. The number of H-pyrrole nitrogens is 1. The van der Waals surface area contributed by atoms with Gasteiger partial charge in [0.1, 0.15) is 5.69 Å². The fourth-order valence-electron chi connectivity index (χ4n) is 1.09. The normalized spacial score (nSPS) is 11.7. The zero-order chi connectivity index (χ0) is 10.4. The Morgan fingerprint density at radius 3 is 3.14 bits per heavy atom. The monoisotopic (exact) mass is 191 g/mol. The molecule has 0 saturated heterocycles. The van der Waals surface area contributed by atoms with Crippen molar-refractivity contribution in [3.8, 4) is 12.3 Å². The van der Waals surface area contributed by atoms with Gasteiger partial charge in [-0.15, -0.1) is 12.3 Å². The van der Waals surface area contributed by atoms with Crippen LogP contribution in [0.1, 0.15) is 30.3 Å². The highest BCUT2D eigenvalue weighted by Gasteiger charge is 2.11. The Kier molecular flexibility index (Phi) is 3.74. The van der Waals surface area contributed by atoms with Crippen LogP contribution in [0.2, 0.25) is 0 Å². The molecule has 1 heterocycles. The highest BCUT2D eigenvalue weighted by molar-refractivity contribution is 5.92. The van der Waals surface area contributed by atoms with E-state index in [0.717, 1.165) is 6.42 Å². The van der Waals surface area contributed by atoms with Crippen molar-refractivity contribution in [3.05, 3.63) is 18.0 Å². The molecule has 0 aromatic carbocycles. The number of hydrogen-bond donors (Lipinski definition) is 2. The number of rotatable bonds is 4. The summed E-state index contributed by atoms with van der Waals surface area (Å²) >= 11 is 0. The molecular formula is C10H13N3O. The van der Waals surface area contributed by atoms with E-state index < -0.39 is 0 Å². The van der Waals surface area contributed by atoms with Crippen LogP contribution in [0, 0.1) is 12.3 Å². The van der Waals surface area contributed by atoms with Gasteiger partial charge in [0.25, 0.3) is 5.91 Å². The molecule has 0 saturated carbocycles. The summed E-state index contributed by atoms with van der Waals surface area (Å²) in [7, 11) is 0. The Balaban J connectivity index is 2.52. The quantitative estimate of drug-likeness (QED) is 0.696. The van der Waals surface area contributed by atoms with Gasteiger partial charge in [0, 0.05) is 18.7 Å². The zero-order valence-electron chi connectivity index (χ0n) is 8.08. The van der Waals surface area contributed by atoms with E-state index in [1.54, 1.807) is 6.07 Å². The molecule has 0 fully saturated rings. The average Bonchev–Trinajstić information content (AvgIpc) is 2.69. The first kappa shape index (κ1) is 10.3. The summed E-state index contributed by atoms with van der Waals surface area (Å²) in [6, 6.07) is 1.66. The summed E-state index contributed by atoms with van der Waals surface area (Å²) in [5.41, 5.74) is 0.459. The molecule has 0 spiro atoms. The van der Waals surface area contributed by atoms with E-state index in [2.05, 4.69) is 21.4 Å². The topological polar surface area (TPSA) is 57.8 Å². The van der Waals surface area contributed by atoms with Crippen LogP contribution in [-0.2, 0) is 0 Å². The molecule has 0 aliphatic heterocycles. The largest absolute Gasteiger partial charge is 0.347 e. The molecule has 0 bridgehead atoms. The van der Waals surface area contributed by atoms with Gasteiger partial charge in [0.2, 0.25) is 0 Å². The van der Waals surface area contributed by atoms with Crippen molar-refractivity contribution in [3.63, 3.8) is 0 Å². The maximum atomic E-state index is 11.5. The molecule has 1 aromatic heterocycles. The summed E-state index contributed by atoms with van der Waals surface area (Å²) in [6.45, 7) is 1.98. The van der Waals surface area contributed by atoms with E-state index in [4.69, 9.17) is 6.42 Å². The number of hydrogen-bond acceptors (Lipinski definition) is 2. The molecule has 74 valence electrons. The van der Waals surface area contributed by atoms with E-state index in [-0.39, 0.29) is 11.9 Å². The molecule has 1 amide bonds. The van der Waals surface area contributed by atoms with Gasteiger partial charge in [0.05, 0.1) is 0 Å². The number of nitrogens with zero attached hydrogens (tertiary/aromatic N) is 1. The number of aromatic nitrogens is 2. The number of terminal acetylenes is 1. The van der Waals surface area contributed by atoms with Crippen LogP contribution in [0.4, 0.5) is 0 Å². The van der Waals surface area contributed by atoms with Crippen molar-refractivity contribution in [2.24, 2.45) is 0 Å². The molecule has 0 aliphatic carbocycles. The van der Waals surface area contributed by atoms with Crippen LogP contribution in [0.5, 0.6) is 0 Å². The van der Waals surface area contributed by atoms with Gasteiger partial charge < -0.3 is 5.32 Å². The zero-order valence-corrected chi connectivity index (χ0v) is 8.08. The fraction of sp³-hybridized carbons (Fsp3) is 0.400. The molecule has 1 atom stereocenters. The van der Waals surface area contributed by atoms with E-state index >= 15 is 0 Å². The van der Waals surface area contributed by atoms with Crippen LogP contribution in [-0.4, -0.2) is 22.1 Å². The predicted octanol–water partition coefficient (Wildman–Crippen LogP) is 0.941. The Morgan fingerprint density at radius 1 is 1.86 bits per heavy atom. The molecular weight excluding hydrogens is 178 g/mol. The Hall–Kier alpha value is -1.76. The lowest BCUT2D eigenvalue weighted by Crippen LogP contribution is -2.34. The molecule has 0 radical (unpaired) electrons. The highest BCUT2D eigenvalue weighted by Crippen LogP contribution is 1.99. The summed E-state index contributed by atoms with van der Waals surface area (Å²) in [4.78, 5) is 11.5. The molecule has 4 heteroatoms. The molecule has 0 aliphatic rings. The standard InChI is InChI=1S/C10H13N3O/c1-3-5-8(4-2)12-10(14)9-6-7-11-13-9/h1,6-8H,4-5H2,2H3,(H,11,13)(H,12,14).